The molecule has 0 aliphatic rings. The van der Waals surface area contributed by atoms with Crippen molar-refractivity contribution in [3.05, 3.63) is 0 Å². The Bertz CT molecular complexity index is 301. The number of carbonyl (C=O) groups excluding carboxylic acids is 2. The molecule has 4 heteroatoms. The zero-order chi connectivity index (χ0) is 13.1. The Hall–Kier alpha value is -1.24. The largest absolute Gasteiger partial charge is 0.235 e. The Kier molecular flexibility index (Phi) is 8.21. The highest BCUT2D eigenvalue weighted by molar-refractivity contribution is 5.37. The van der Waals surface area contributed by atoms with E-state index in [-0.39, 0.29) is 6.04 Å². The number of isocyanates is 2. The molecule has 0 aliphatic heterocycles. The van der Waals surface area contributed by atoms with Crippen LogP contribution in [0.25, 0.3) is 0 Å². The molecule has 1 unspecified atom stereocenters. The molecule has 0 N–H and O–H groups in total. The van der Waals surface area contributed by atoms with Gasteiger partial charge in [-0.2, -0.15) is 9.98 Å². The summed E-state index contributed by atoms with van der Waals surface area (Å²) >= 11 is 0. The maximum Gasteiger partial charge on any atom is 0.235 e. The van der Waals surface area contributed by atoms with Gasteiger partial charge < -0.3 is 0 Å². The third-order valence-corrected chi connectivity index (χ3v) is 2.94. The zero-order valence-corrected chi connectivity index (χ0v) is 11.0. The fourth-order valence-corrected chi connectivity index (χ4v) is 1.77. The van der Waals surface area contributed by atoms with Crippen molar-refractivity contribution in [2.75, 3.05) is 0 Å². The van der Waals surface area contributed by atoms with Gasteiger partial charge in [0, 0.05) is 0 Å². The summed E-state index contributed by atoms with van der Waals surface area (Å²) in [5, 5.41) is 0. The van der Waals surface area contributed by atoms with Crippen LogP contribution in [0.2, 0.25) is 0 Å². The molecule has 0 saturated carbocycles. The lowest BCUT2D eigenvalue weighted by molar-refractivity contribution is 0.376. The smallest absolute Gasteiger partial charge is 0.211 e. The third kappa shape index (κ3) is 6.83. The summed E-state index contributed by atoms with van der Waals surface area (Å²) in [6, 6.07) is -0.275. The lowest BCUT2D eigenvalue weighted by Gasteiger charge is -2.24. The minimum absolute atomic E-state index is 0.275. The average molecular weight is 238 g/mol. The van der Waals surface area contributed by atoms with Crippen molar-refractivity contribution in [1.82, 2.24) is 0 Å². The standard InChI is InChI=1S/C13H22N2O2/c1-4-5-6-7-8-9-12(14-10-16)13(2,3)15-11-17/h12H,4-9H2,1-3H3. The van der Waals surface area contributed by atoms with E-state index in [1.165, 1.54) is 19.3 Å². The lowest BCUT2D eigenvalue weighted by Crippen LogP contribution is -2.32. The van der Waals surface area contributed by atoms with Crippen molar-refractivity contribution in [3.63, 3.8) is 0 Å². The van der Waals surface area contributed by atoms with Gasteiger partial charge in [-0.3, -0.25) is 0 Å². The van der Waals surface area contributed by atoms with E-state index in [9.17, 15) is 9.59 Å². The van der Waals surface area contributed by atoms with E-state index < -0.39 is 5.54 Å². The van der Waals surface area contributed by atoms with Gasteiger partial charge in [-0.25, -0.2) is 9.59 Å². The first-order valence-electron chi connectivity index (χ1n) is 6.24. The highest BCUT2D eigenvalue weighted by Gasteiger charge is 2.28. The summed E-state index contributed by atoms with van der Waals surface area (Å²) < 4.78 is 0. The number of nitrogens with zero attached hydrogens (tertiary/aromatic N) is 2. The van der Waals surface area contributed by atoms with Crippen LogP contribution in [0, 0.1) is 0 Å². The first kappa shape index (κ1) is 15.8. The van der Waals surface area contributed by atoms with Crippen molar-refractivity contribution in [3.8, 4) is 0 Å². The predicted molar refractivity (Wildman–Crippen MR) is 67.5 cm³/mol. The van der Waals surface area contributed by atoms with Crippen molar-refractivity contribution in [1.29, 1.82) is 0 Å². The van der Waals surface area contributed by atoms with Crippen molar-refractivity contribution in [2.45, 2.75) is 70.9 Å². The van der Waals surface area contributed by atoms with E-state index in [2.05, 4.69) is 16.9 Å². The fraction of sp³-hybridized carbons (Fsp3) is 0.846. The second kappa shape index (κ2) is 8.86. The Morgan fingerprint density at radius 1 is 1.06 bits per heavy atom. The molecule has 0 spiro atoms. The van der Waals surface area contributed by atoms with E-state index in [1.54, 1.807) is 26.0 Å². The van der Waals surface area contributed by atoms with E-state index in [0.29, 0.717) is 0 Å². The first-order chi connectivity index (χ1) is 8.08. The molecule has 0 aliphatic carbocycles. The van der Waals surface area contributed by atoms with Gasteiger partial charge in [0.2, 0.25) is 12.2 Å². The molecule has 17 heavy (non-hydrogen) atoms. The zero-order valence-electron chi connectivity index (χ0n) is 11.0. The number of aliphatic imine (C=N–C) groups is 2. The highest BCUT2D eigenvalue weighted by atomic mass is 16.1. The molecule has 1 atom stereocenters. The van der Waals surface area contributed by atoms with Crippen LogP contribution in [0.15, 0.2) is 9.98 Å². The Morgan fingerprint density at radius 2 is 1.71 bits per heavy atom. The molecule has 0 aromatic heterocycles. The molecular weight excluding hydrogens is 216 g/mol. The van der Waals surface area contributed by atoms with Gasteiger partial charge in [-0.05, 0) is 20.3 Å². The van der Waals surface area contributed by atoms with Crippen molar-refractivity contribution in [2.24, 2.45) is 9.98 Å². The summed E-state index contributed by atoms with van der Waals surface area (Å²) in [5.74, 6) is 0. The van der Waals surface area contributed by atoms with Gasteiger partial charge in [-0.15, -0.1) is 0 Å². The molecule has 0 aromatic rings. The fourth-order valence-electron chi connectivity index (χ4n) is 1.77. The summed E-state index contributed by atoms with van der Waals surface area (Å²) in [7, 11) is 0. The first-order valence-corrected chi connectivity index (χ1v) is 6.24. The van der Waals surface area contributed by atoms with Crippen LogP contribution in [-0.2, 0) is 9.59 Å². The second-order valence-corrected chi connectivity index (χ2v) is 4.80. The minimum atomic E-state index is -0.663. The molecule has 0 amide bonds. The second-order valence-electron chi connectivity index (χ2n) is 4.80. The molecule has 0 bridgehead atoms. The van der Waals surface area contributed by atoms with Gasteiger partial charge in [0.05, 0.1) is 11.6 Å². The van der Waals surface area contributed by atoms with Crippen LogP contribution in [0.5, 0.6) is 0 Å². The average Bonchev–Trinajstić information content (AvgIpc) is 2.27. The predicted octanol–water partition coefficient (Wildman–Crippen LogP) is 3.17. The van der Waals surface area contributed by atoms with Crippen LogP contribution in [0.4, 0.5) is 0 Å². The molecule has 0 radical (unpaired) electrons. The van der Waals surface area contributed by atoms with Crippen LogP contribution in [-0.4, -0.2) is 23.7 Å². The molecule has 0 aromatic carbocycles. The maximum atomic E-state index is 10.4. The van der Waals surface area contributed by atoms with Gasteiger partial charge in [0.15, 0.2) is 0 Å². The van der Waals surface area contributed by atoms with E-state index in [4.69, 9.17) is 0 Å². The summed E-state index contributed by atoms with van der Waals surface area (Å²) in [5.41, 5.74) is -0.663. The van der Waals surface area contributed by atoms with Crippen LogP contribution in [0.1, 0.15) is 59.3 Å². The number of unbranched alkanes of at least 4 members (excludes halogenated alkanes) is 4. The Morgan fingerprint density at radius 3 is 2.24 bits per heavy atom. The molecular formula is C13H22N2O2. The molecule has 0 heterocycles. The number of rotatable bonds is 9. The third-order valence-electron chi connectivity index (χ3n) is 2.94. The van der Waals surface area contributed by atoms with Gasteiger partial charge in [0.1, 0.15) is 0 Å². The Balaban J connectivity index is 4.25. The SMILES string of the molecule is CCCCCCCC(N=C=O)C(C)(C)N=C=O. The lowest BCUT2D eigenvalue weighted by atomic mass is 9.91. The molecule has 96 valence electrons. The maximum absolute atomic E-state index is 10.4. The van der Waals surface area contributed by atoms with E-state index in [0.717, 1.165) is 19.3 Å². The summed E-state index contributed by atoms with van der Waals surface area (Å²) in [6.07, 6.45) is 9.63. The van der Waals surface area contributed by atoms with Gasteiger partial charge in [-0.1, -0.05) is 39.0 Å². The summed E-state index contributed by atoms with van der Waals surface area (Å²) in [6.45, 7) is 5.74. The van der Waals surface area contributed by atoms with E-state index >= 15 is 0 Å². The molecule has 4 nitrogen and oxygen atoms in total. The topological polar surface area (TPSA) is 58.9 Å². The molecule has 0 saturated heterocycles. The van der Waals surface area contributed by atoms with Gasteiger partial charge in [0.25, 0.3) is 0 Å². The molecule has 0 fully saturated rings. The van der Waals surface area contributed by atoms with Crippen molar-refractivity contribution >= 4 is 12.2 Å². The highest BCUT2D eigenvalue weighted by Crippen LogP contribution is 2.22. The monoisotopic (exact) mass is 238 g/mol. The summed E-state index contributed by atoms with van der Waals surface area (Å²) in [4.78, 5) is 28.1. The number of hydrogen-bond donors (Lipinski definition) is 0. The minimum Gasteiger partial charge on any atom is -0.211 e. The van der Waals surface area contributed by atoms with Crippen LogP contribution < -0.4 is 0 Å². The molecule has 0 rings (SSSR count). The van der Waals surface area contributed by atoms with Crippen molar-refractivity contribution < 1.29 is 9.59 Å². The quantitative estimate of drug-likeness (QED) is 0.352. The van der Waals surface area contributed by atoms with Crippen LogP contribution in [0.3, 0.4) is 0 Å². The van der Waals surface area contributed by atoms with Crippen LogP contribution >= 0.6 is 0 Å². The van der Waals surface area contributed by atoms with Gasteiger partial charge >= 0.3 is 0 Å². The van der Waals surface area contributed by atoms with E-state index in [1.807, 2.05) is 0 Å². The Labute approximate surface area is 103 Å². The number of hydrogen-bond acceptors (Lipinski definition) is 4. The normalized spacial score (nSPS) is 12.4.